The molecule has 0 amide bonds. The number of carbonyl (C=O) groups excluding carboxylic acids is 1. The molecule has 6 heteroatoms. The van der Waals surface area contributed by atoms with Gasteiger partial charge in [0.25, 0.3) is 0 Å². The Hall–Kier alpha value is -1.74. The molecule has 5 nitrogen and oxygen atoms in total. The fourth-order valence-electron chi connectivity index (χ4n) is 1.17. The van der Waals surface area contributed by atoms with E-state index in [0.29, 0.717) is 11.8 Å². The summed E-state index contributed by atoms with van der Waals surface area (Å²) in [6, 6.07) is 4.83. The average molecular weight is 238 g/mol. The van der Waals surface area contributed by atoms with Crippen LogP contribution >= 0.6 is 0 Å². The first-order chi connectivity index (χ1) is 7.46. The Morgan fingerprint density at radius 1 is 1.50 bits per heavy atom. The van der Waals surface area contributed by atoms with Gasteiger partial charge in [-0.2, -0.15) is 5.26 Å². The second-order valence-corrected chi connectivity index (χ2v) is 5.61. The van der Waals surface area contributed by atoms with Gasteiger partial charge in [-0.1, -0.05) is 6.07 Å². The van der Waals surface area contributed by atoms with Crippen molar-refractivity contribution in [3.63, 3.8) is 0 Å². The van der Waals surface area contributed by atoms with Gasteiger partial charge < -0.3 is 0 Å². The highest BCUT2D eigenvalue weighted by Gasteiger charge is 2.08. The Morgan fingerprint density at radius 3 is 2.69 bits per heavy atom. The third-order valence-electron chi connectivity index (χ3n) is 1.98. The third-order valence-corrected chi connectivity index (χ3v) is 2.93. The predicted molar refractivity (Wildman–Crippen MR) is 57.8 cm³/mol. The molecule has 84 valence electrons. The monoisotopic (exact) mass is 238 g/mol. The summed E-state index contributed by atoms with van der Waals surface area (Å²) < 4.78 is 21.9. The molecule has 0 saturated heterocycles. The summed E-state index contributed by atoms with van der Waals surface area (Å²) in [7, 11) is -3.07. The van der Waals surface area contributed by atoms with Gasteiger partial charge in [-0.3, -0.25) is 4.79 Å². The minimum atomic E-state index is -3.07. The molecule has 0 radical (unpaired) electrons. The van der Waals surface area contributed by atoms with Crippen LogP contribution in [0.2, 0.25) is 0 Å². The van der Waals surface area contributed by atoms with Crippen molar-refractivity contribution in [1.29, 1.82) is 5.26 Å². The zero-order valence-electron chi connectivity index (χ0n) is 8.67. The molecule has 1 heterocycles. The average Bonchev–Trinajstić information content (AvgIpc) is 2.25. The van der Waals surface area contributed by atoms with E-state index < -0.39 is 9.84 Å². The quantitative estimate of drug-likeness (QED) is 0.706. The molecule has 16 heavy (non-hydrogen) atoms. The van der Waals surface area contributed by atoms with Crippen molar-refractivity contribution in [3.8, 4) is 6.07 Å². The van der Waals surface area contributed by atoms with E-state index in [0.717, 1.165) is 6.26 Å². The van der Waals surface area contributed by atoms with E-state index in [1.54, 1.807) is 6.07 Å². The number of aldehydes is 1. The lowest BCUT2D eigenvalue weighted by Gasteiger charge is -2.03. The number of sulfone groups is 1. The van der Waals surface area contributed by atoms with Gasteiger partial charge in [-0.25, -0.2) is 13.4 Å². The lowest BCUT2D eigenvalue weighted by Crippen LogP contribution is -2.08. The molecule has 1 rings (SSSR count). The van der Waals surface area contributed by atoms with Crippen molar-refractivity contribution in [2.24, 2.45) is 0 Å². The molecule has 0 bridgehead atoms. The normalized spacial score (nSPS) is 10.8. The molecule has 1 aromatic heterocycles. The van der Waals surface area contributed by atoms with Crippen LogP contribution in [0.15, 0.2) is 12.1 Å². The standard InChI is InChI=1S/C10H10N2O3S/c1-16(14,15)5-4-8-2-3-9(6-11)12-10(8)7-13/h2-3,7H,4-5H2,1H3. The lowest BCUT2D eigenvalue weighted by molar-refractivity contribution is 0.111. The van der Waals surface area contributed by atoms with Crippen LogP contribution in [-0.2, 0) is 16.3 Å². The summed E-state index contributed by atoms with van der Waals surface area (Å²) in [5.74, 6) is -0.0403. The van der Waals surface area contributed by atoms with Crippen molar-refractivity contribution in [2.45, 2.75) is 6.42 Å². The topological polar surface area (TPSA) is 87.9 Å². The zero-order chi connectivity index (χ0) is 12.2. The van der Waals surface area contributed by atoms with Crippen LogP contribution in [0.4, 0.5) is 0 Å². The van der Waals surface area contributed by atoms with Gasteiger partial charge in [0.1, 0.15) is 27.3 Å². The number of nitriles is 1. The number of nitrogens with zero attached hydrogens (tertiary/aromatic N) is 2. The van der Waals surface area contributed by atoms with Crippen LogP contribution in [0.3, 0.4) is 0 Å². The summed E-state index contributed by atoms with van der Waals surface area (Å²) >= 11 is 0. The first-order valence-corrected chi connectivity index (χ1v) is 6.55. The fourth-order valence-corrected chi connectivity index (χ4v) is 1.77. The summed E-state index contributed by atoms with van der Waals surface area (Å²) in [6.07, 6.45) is 1.88. The van der Waals surface area contributed by atoms with Crippen molar-refractivity contribution in [1.82, 2.24) is 4.98 Å². The maximum absolute atomic E-state index is 11.0. The second kappa shape index (κ2) is 4.86. The highest BCUT2D eigenvalue weighted by Crippen LogP contribution is 2.07. The first kappa shape index (κ1) is 12.3. The molecule has 0 spiro atoms. The summed E-state index contributed by atoms with van der Waals surface area (Å²) in [6.45, 7) is 0. The Bertz CT molecular complexity index is 544. The summed E-state index contributed by atoms with van der Waals surface area (Å²) in [5, 5.41) is 8.58. The third kappa shape index (κ3) is 3.44. The molecular weight excluding hydrogens is 228 g/mol. The van der Waals surface area contributed by atoms with E-state index in [1.165, 1.54) is 6.07 Å². The molecule has 0 aliphatic heterocycles. The van der Waals surface area contributed by atoms with Crippen LogP contribution in [0, 0.1) is 11.3 Å². The number of aryl methyl sites for hydroxylation is 1. The molecule has 0 N–H and O–H groups in total. The fraction of sp³-hybridized carbons (Fsp3) is 0.300. The van der Waals surface area contributed by atoms with E-state index in [4.69, 9.17) is 5.26 Å². The number of hydrogen-bond acceptors (Lipinski definition) is 5. The van der Waals surface area contributed by atoms with Crippen LogP contribution in [0.1, 0.15) is 21.7 Å². The molecule has 0 atom stereocenters. The van der Waals surface area contributed by atoms with Crippen LogP contribution < -0.4 is 0 Å². The van der Waals surface area contributed by atoms with Crippen LogP contribution in [-0.4, -0.2) is 31.7 Å². The number of rotatable bonds is 4. The Morgan fingerprint density at radius 2 is 2.19 bits per heavy atom. The van der Waals surface area contributed by atoms with Gasteiger partial charge in [-0.05, 0) is 18.1 Å². The highest BCUT2D eigenvalue weighted by atomic mass is 32.2. The minimum absolute atomic E-state index is 0.0403. The van der Waals surface area contributed by atoms with E-state index in [2.05, 4.69) is 4.98 Å². The van der Waals surface area contributed by atoms with Crippen molar-refractivity contribution in [2.75, 3.05) is 12.0 Å². The Kier molecular flexibility index (Phi) is 3.74. The van der Waals surface area contributed by atoms with Crippen molar-refractivity contribution < 1.29 is 13.2 Å². The largest absolute Gasteiger partial charge is 0.296 e. The molecule has 1 aromatic rings. The summed E-state index contributed by atoms with van der Waals surface area (Å²) in [4.78, 5) is 14.5. The maximum atomic E-state index is 11.0. The van der Waals surface area contributed by atoms with Gasteiger partial charge in [0.15, 0.2) is 6.29 Å². The predicted octanol–water partition coefficient (Wildman–Crippen LogP) is 0.353. The smallest absolute Gasteiger partial charge is 0.168 e. The molecule has 0 aliphatic rings. The number of hydrogen-bond donors (Lipinski definition) is 0. The van der Waals surface area contributed by atoms with E-state index in [1.807, 2.05) is 6.07 Å². The first-order valence-electron chi connectivity index (χ1n) is 4.49. The highest BCUT2D eigenvalue weighted by molar-refractivity contribution is 7.90. The number of pyridine rings is 1. The van der Waals surface area contributed by atoms with Gasteiger partial charge in [0.05, 0.1) is 5.75 Å². The molecule has 0 unspecified atom stereocenters. The molecule has 0 saturated carbocycles. The minimum Gasteiger partial charge on any atom is -0.296 e. The molecule has 0 aliphatic carbocycles. The van der Waals surface area contributed by atoms with Crippen LogP contribution in [0.5, 0.6) is 0 Å². The van der Waals surface area contributed by atoms with Crippen molar-refractivity contribution in [3.05, 3.63) is 29.1 Å². The van der Waals surface area contributed by atoms with E-state index in [9.17, 15) is 13.2 Å². The van der Waals surface area contributed by atoms with Crippen molar-refractivity contribution >= 4 is 16.1 Å². The van der Waals surface area contributed by atoms with E-state index in [-0.39, 0.29) is 23.6 Å². The van der Waals surface area contributed by atoms with Crippen LogP contribution in [0.25, 0.3) is 0 Å². The summed E-state index contributed by atoms with van der Waals surface area (Å²) in [5.41, 5.74) is 0.812. The van der Waals surface area contributed by atoms with E-state index >= 15 is 0 Å². The number of aromatic nitrogens is 1. The molecule has 0 aromatic carbocycles. The number of carbonyl (C=O) groups is 1. The van der Waals surface area contributed by atoms with Gasteiger partial charge in [0, 0.05) is 6.26 Å². The SMILES string of the molecule is CS(=O)(=O)CCc1ccc(C#N)nc1C=O. The zero-order valence-corrected chi connectivity index (χ0v) is 9.49. The molecule has 0 fully saturated rings. The van der Waals surface area contributed by atoms with Gasteiger partial charge >= 0.3 is 0 Å². The van der Waals surface area contributed by atoms with Gasteiger partial charge in [-0.15, -0.1) is 0 Å². The lowest BCUT2D eigenvalue weighted by atomic mass is 10.1. The second-order valence-electron chi connectivity index (χ2n) is 3.35. The maximum Gasteiger partial charge on any atom is 0.168 e. The Labute approximate surface area is 93.7 Å². The molecular formula is C10H10N2O3S. The van der Waals surface area contributed by atoms with Gasteiger partial charge in [0.2, 0.25) is 0 Å². The Balaban J connectivity index is 2.97.